The minimum atomic E-state index is -1.12. The molecule has 0 heterocycles. The van der Waals surface area contributed by atoms with Gasteiger partial charge < -0.3 is 15.3 Å². The second-order valence-electron chi connectivity index (χ2n) is 12.9. The Balaban J connectivity index is 1.53. The van der Waals surface area contributed by atoms with Crippen LogP contribution < -0.4 is 0 Å². The molecule has 178 valence electrons. The fourth-order valence-corrected chi connectivity index (χ4v) is 9.14. The molecule has 10 atom stereocenters. The minimum absolute atomic E-state index is 0.269. The number of allylic oxidation sites excluding steroid dienone is 1. The lowest BCUT2D eigenvalue weighted by Crippen LogP contribution is -2.68. The summed E-state index contributed by atoms with van der Waals surface area (Å²) in [6.07, 6.45) is 8.88. The quantitative estimate of drug-likeness (QED) is 0.487. The van der Waals surface area contributed by atoms with Gasteiger partial charge in [0.2, 0.25) is 0 Å². The summed E-state index contributed by atoms with van der Waals surface area (Å²) >= 11 is 0. The van der Waals surface area contributed by atoms with Gasteiger partial charge in [-0.05, 0) is 98.7 Å². The van der Waals surface area contributed by atoms with Crippen LogP contribution >= 0.6 is 0 Å². The van der Waals surface area contributed by atoms with Crippen molar-refractivity contribution in [3.63, 3.8) is 0 Å². The predicted molar refractivity (Wildman–Crippen MR) is 126 cm³/mol. The van der Waals surface area contributed by atoms with Crippen molar-refractivity contribution in [2.24, 2.45) is 46.3 Å². The first-order chi connectivity index (χ1) is 14.4. The predicted octanol–water partition coefficient (Wildman–Crippen LogP) is 5.72. The number of aliphatic hydroxyl groups is 3. The molecule has 0 aromatic carbocycles. The Kier molecular flexibility index (Phi) is 6.24. The van der Waals surface area contributed by atoms with Gasteiger partial charge in [-0.2, -0.15) is 0 Å². The Hall–Kier alpha value is -0.380. The number of hydrogen-bond acceptors (Lipinski definition) is 3. The normalized spacial score (nSPS) is 50.5. The van der Waals surface area contributed by atoms with Gasteiger partial charge >= 0.3 is 0 Å². The molecule has 0 aromatic rings. The summed E-state index contributed by atoms with van der Waals surface area (Å²) in [5.41, 5.74) is 0.355. The monoisotopic (exact) mass is 432 g/mol. The zero-order valence-electron chi connectivity index (χ0n) is 20.7. The van der Waals surface area contributed by atoms with E-state index in [1.165, 1.54) is 37.7 Å². The van der Waals surface area contributed by atoms with Crippen LogP contribution in [0.1, 0.15) is 98.8 Å². The van der Waals surface area contributed by atoms with Gasteiger partial charge in [0.25, 0.3) is 0 Å². The Morgan fingerprint density at radius 1 is 1.00 bits per heavy atom. The molecule has 3 N–H and O–H groups in total. The molecular formula is C28H48O3. The van der Waals surface area contributed by atoms with E-state index < -0.39 is 17.8 Å². The van der Waals surface area contributed by atoms with E-state index in [9.17, 15) is 15.3 Å². The van der Waals surface area contributed by atoms with E-state index in [4.69, 9.17) is 0 Å². The van der Waals surface area contributed by atoms with Crippen molar-refractivity contribution < 1.29 is 15.3 Å². The summed E-state index contributed by atoms with van der Waals surface area (Å²) < 4.78 is 0. The molecule has 3 heteroatoms. The lowest BCUT2D eigenvalue weighted by atomic mass is 9.42. The molecule has 5 unspecified atom stereocenters. The van der Waals surface area contributed by atoms with Crippen LogP contribution in [0.5, 0.6) is 0 Å². The van der Waals surface area contributed by atoms with Gasteiger partial charge in [-0.15, -0.1) is 0 Å². The van der Waals surface area contributed by atoms with E-state index in [0.29, 0.717) is 41.4 Å². The first-order valence-electron chi connectivity index (χ1n) is 13.2. The molecule has 4 fully saturated rings. The summed E-state index contributed by atoms with van der Waals surface area (Å²) in [6, 6.07) is 0. The molecular weight excluding hydrogens is 384 g/mol. The summed E-state index contributed by atoms with van der Waals surface area (Å²) in [4.78, 5) is 0. The highest BCUT2D eigenvalue weighted by atomic mass is 16.3. The van der Waals surface area contributed by atoms with E-state index in [0.717, 1.165) is 31.6 Å². The van der Waals surface area contributed by atoms with Crippen LogP contribution in [0.4, 0.5) is 0 Å². The van der Waals surface area contributed by atoms with Crippen LogP contribution in [-0.4, -0.2) is 33.1 Å². The Morgan fingerprint density at radius 2 is 1.71 bits per heavy atom. The molecule has 4 saturated carbocycles. The van der Waals surface area contributed by atoms with Crippen LogP contribution in [0.3, 0.4) is 0 Å². The minimum Gasteiger partial charge on any atom is -0.393 e. The molecule has 0 spiro atoms. The van der Waals surface area contributed by atoms with E-state index in [2.05, 4.69) is 41.2 Å². The van der Waals surface area contributed by atoms with E-state index in [1.807, 2.05) is 0 Å². The van der Waals surface area contributed by atoms with Crippen molar-refractivity contribution in [3.8, 4) is 0 Å². The second kappa shape index (κ2) is 8.13. The standard InChI is InChI=1S/C28H48O3/c1-17(2)18(3)7-8-19(4)22-9-10-23-21-15-25(30)28(31)16-20(29)11-14-27(28,6)24(21)12-13-26(22,23)5/h17,19-25,29-31H,3,7-16H2,1-2,4-6H3/t19?,20-,21?,22?,23?,24?,25+,26+,27+,28-/m0/s1. The van der Waals surface area contributed by atoms with Crippen molar-refractivity contribution in [1.29, 1.82) is 0 Å². The molecule has 4 aliphatic rings. The van der Waals surface area contributed by atoms with Crippen LogP contribution in [0, 0.1) is 46.3 Å². The lowest BCUT2D eigenvalue weighted by Gasteiger charge is -2.65. The summed E-state index contributed by atoms with van der Waals surface area (Å²) in [6.45, 7) is 16.1. The van der Waals surface area contributed by atoms with Gasteiger partial charge in [0.15, 0.2) is 0 Å². The van der Waals surface area contributed by atoms with Crippen LogP contribution in [-0.2, 0) is 0 Å². The van der Waals surface area contributed by atoms with Crippen molar-refractivity contribution in [1.82, 2.24) is 0 Å². The molecule has 31 heavy (non-hydrogen) atoms. The third-order valence-electron chi connectivity index (χ3n) is 11.3. The Labute approximate surface area is 190 Å². The molecule has 0 radical (unpaired) electrons. The van der Waals surface area contributed by atoms with Crippen molar-refractivity contribution in [3.05, 3.63) is 12.2 Å². The Bertz CT molecular complexity index is 688. The molecule has 0 bridgehead atoms. The third kappa shape index (κ3) is 3.56. The van der Waals surface area contributed by atoms with E-state index in [-0.39, 0.29) is 5.41 Å². The van der Waals surface area contributed by atoms with Gasteiger partial charge in [0, 0.05) is 11.8 Å². The average Bonchev–Trinajstić information content (AvgIpc) is 3.05. The molecule has 0 aromatic heterocycles. The molecule has 4 rings (SSSR count). The second-order valence-corrected chi connectivity index (χ2v) is 12.9. The van der Waals surface area contributed by atoms with Crippen LogP contribution in [0.2, 0.25) is 0 Å². The van der Waals surface area contributed by atoms with Gasteiger partial charge in [-0.25, -0.2) is 0 Å². The highest BCUT2D eigenvalue weighted by molar-refractivity contribution is 5.17. The largest absolute Gasteiger partial charge is 0.393 e. The van der Waals surface area contributed by atoms with Gasteiger partial charge in [0.05, 0.1) is 17.8 Å². The molecule has 0 aliphatic heterocycles. The van der Waals surface area contributed by atoms with Crippen LogP contribution in [0.25, 0.3) is 0 Å². The number of fused-ring (bicyclic) bond motifs is 5. The zero-order chi connectivity index (χ0) is 22.8. The third-order valence-corrected chi connectivity index (χ3v) is 11.3. The first-order valence-corrected chi connectivity index (χ1v) is 13.2. The summed E-state index contributed by atoms with van der Waals surface area (Å²) in [5.74, 6) is 3.70. The number of hydrogen-bond donors (Lipinski definition) is 3. The maximum atomic E-state index is 11.6. The van der Waals surface area contributed by atoms with E-state index >= 15 is 0 Å². The molecule has 0 saturated heterocycles. The first kappa shape index (κ1) is 23.8. The maximum absolute atomic E-state index is 11.6. The smallest absolute Gasteiger partial charge is 0.0985 e. The number of aliphatic hydroxyl groups excluding tert-OH is 2. The zero-order valence-corrected chi connectivity index (χ0v) is 20.7. The highest BCUT2D eigenvalue weighted by Crippen LogP contribution is 2.69. The fourth-order valence-electron chi connectivity index (χ4n) is 9.14. The van der Waals surface area contributed by atoms with Crippen molar-refractivity contribution in [2.75, 3.05) is 0 Å². The van der Waals surface area contributed by atoms with Gasteiger partial charge in [-0.1, -0.05) is 46.8 Å². The maximum Gasteiger partial charge on any atom is 0.0985 e. The molecule has 0 amide bonds. The Morgan fingerprint density at radius 3 is 2.39 bits per heavy atom. The van der Waals surface area contributed by atoms with Crippen molar-refractivity contribution in [2.45, 2.75) is 117 Å². The average molecular weight is 433 g/mol. The van der Waals surface area contributed by atoms with Crippen molar-refractivity contribution >= 4 is 0 Å². The van der Waals surface area contributed by atoms with E-state index in [1.54, 1.807) is 0 Å². The number of rotatable bonds is 5. The van der Waals surface area contributed by atoms with Crippen LogP contribution in [0.15, 0.2) is 12.2 Å². The molecule has 4 aliphatic carbocycles. The fraction of sp³-hybridized carbons (Fsp3) is 0.929. The highest BCUT2D eigenvalue weighted by Gasteiger charge is 2.67. The SMILES string of the molecule is C=C(CCC(C)C1CCC2C3C[C@@H](O)[C@@]4(O)C[C@@H](O)CC[C@]4(C)C3CC[C@]12C)C(C)C. The summed E-state index contributed by atoms with van der Waals surface area (Å²) in [7, 11) is 0. The van der Waals surface area contributed by atoms with Gasteiger partial charge in [-0.3, -0.25) is 0 Å². The van der Waals surface area contributed by atoms with Gasteiger partial charge in [0.1, 0.15) is 0 Å². The topological polar surface area (TPSA) is 60.7 Å². The lowest BCUT2D eigenvalue weighted by molar-refractivity contribution is -0.264. The molecule has 3 nitrogen and oxygen atoms in total. The summed E-state index contributed by atoms with van der Waals surface area (Å²) in [5, 5.41) is 33.1.